The molecule has 18 heavy (non-hydrogen) atoms. The summed E-state index contributed by atoms with van der Waals surface area (Å²) in [6, 6.07) is 6.89. The third-order valence-electron chi connectivity index (χ3n) is 2.10. The Morgan fingerprint density at radius 1 is 1.22 bits per heavy atom. The third kappa shape index (κ3) is 2.98. The van der Waals surface area contributed by atoms with Gasteiger partial charge in [-0.15, -0.1) is 0 Å². The molecule has 0 aliphatic rings. The zero-order valence-electron chi connectivity index (χ0n) is 9.53. The highest BCUT2D eigenvalue weighted by molar-refractivity contribution is 7.99. The monoisotopic (exact) mass is 262 g/mol. The van der Waals surface area contributed by atoms with Gasteiger partial charge in [0, 0.05) is 28.3 Å². The first kappa shape index (κ1) is 12.4. The Hall–Kier alpha value is -2.08. The van der Waals surface area contributed by atoms with E-state index >= 15 is 0 Å². The first-order valence-corrected chi connectivity index (χ1v) is 5.88. The van der Waals surface area contributed by atoms with Gasteiger partial charge in [-0.3, -0.25) is 0 Å². The van der Waals surface area contributed by atoms with E-state index in [2.05, 4.69) is 9.97 Å². The van der Waals surface area contributed by atoms with Crippen LogP contribution < -0.4 is 4.74 Å². The van der Waals surface area contributed by atoms with Crippen LogP contribution in [-0.4, -0.2) is 28.2 Å². The molecule has 2 heterocycles. The van der Waals surface area contributed by atoms with Crippen molar-refractivity contribution in [3.63, 3.8) is 0 Å². The highest BCUT2D eigenvalue weighted by Gasteiger charge is 2.06. The Labute approximate surface area is 108 Å². The van der Waals surface area contributed by atoms with Crippen molar-refractivity contribution in [2.24, 2.45) is 0 Å². The van der Waals surface area contributed by atoms with Crippen LogP contribution in [-0.2, 0) is 0 Å². The number of nitrogens with zero attached hydrogens (tertiary/aromatic N) is 2. The van der Waals surface area contributed by atoms with Gasteiger partial charge in [0.25, 0.3) is 0 Å². The largest absolute Gasteiger partial charge is 0.481 e. The van der Waals surface area contributed by atoms with Crippen LogP contribution in [0.15, 0.2) is 46.5 Å². The Bertz CT molecular complexity index is 575. The van der Waals surface area contributed by atoms with Crippen molar-refractivity contribution in [2.75, 3.05) is 7.11 Å². The van der Waals surface area contributed by atoms with Gasteiger partial charge in [0.2, 0.25) is 5.88 Å². The molecule has 0 saturated carbocycles. The summed E-state index contributed by atoms with van der Waals surface area (Å²) in [5, 5.41) is 8.86. The number of ether oxygens (including phenoxy) is 1. The van der Waals surface area contributed by atoms with Crippen LogP contribution in [0.4, 0.5) is 0 Å². The molecule has 1 N–H and O–H groups in total. The van der Waals surface area contributed by atoms with E-state index in [1.807, 2.05) is 6.07 Å². The molecule has 2 aromatic rings. The summed E-state index contributed by atoms with van der Waals surface area (Å²) in [6.45, 7) is 0. The molecule has 0 unspecified atom stereocenters. The Balaban J connectivity index is 2.22. The average molecular weight is 262 g/mol. The summed E-state index contributed by atoms with van der Waals surface area (Å²) in [4.78, 5) is 20.3. The van der Waals surface area contributed by atoms with E-state index in [-0.39, 0.29) is 5.69 Å². The molecule has 0 aliphatic heterocycles. The predicted molar refractivity (Wildman–Crippen MR) is 66.1 cm³/mol. The molecule has 5 nitrogen and oxygen atoms in total. The van der Waals surface area contributed by atoms with Crippen LogP contribution in [0.3, 0.4) is 0 Å². The molecule has 2 rings (SSSR count). The van der Waals surface area contributed by atoms with E-state index in [4.69, 9.17) is 9.84 Å². The number of hydrogen-bond donors (Lipinski definition) is 1. The van der Waals surface area contributed by atoms with Gasteiger partial charge in [0.05, 0.1) is 7.11 Å². The molecular weight excluding hydrogens is 252 g/mol. The second kappa shape index (κ2) is 5.50. The average Bonchev–Trinajstić information content (AvgIpc) is 2.39. The van der Waals surface area contributed by atoms with Crippen LogP contribution in [0.25, 0.3) is 0 Å². The van der Waals surface area contributed by atoms with Crippen molar-refractivity contribution in [1.82, 2.24) is 9.97 Å². The molecule has 6 heteroatoms. The minimum absolute atomic E-state index is 0.0287. The lowest BCUT2D eigenvalue weighted by atomic mass is 10.3. The summed E-state index contributed by atoms with van der Waals surface area (Å²) in [6.07, 6.45) is 3.12. The lowest BCUT2D eigenvalue weighted by Crippen LogP contribution is -1.99. The Morgan fingerprint density at radius 2 is 1.89 bits per heavy atom. The summed E-state index contributed by atoms with van der Waals surface area (Å²) < 4.78 is 5.02. The van der Waals surface area contributed by atoms with E-state index in [1.165, 1.54) is 24.0 Å². The standard InChI is InChI=1S/C12H10N2O3S/c1-17-11-7-9(3-5-14-11)18-8-2-4-13-10(6-8)12(15)16/h2-7H,1H3,(H,15,16). The van der Waals surface area contributed by atoms with Gasteiger partial charge in [-0.05, 0) is 18.2 Å². The van der Waals surface area contributed by atoms with E-state index in [0.29, 0.717) is 5.88 Å². The van der Waals surface area contributed by atoms with Crippen molar-refractivity contribution >= 4 is 17.7 Å². The van der Waals surface area contributed by atoms with E-state index in [9.17, 15) is 4.79 Å². The first-order chi connectivity index (χ1) is 8.69. The van der Waals surface area contributed by atoms with E-state index in [0.717, 1.165) is 9.79 Å². The molecule has 0 aromatic carbocycles. The summed E-state index contributed by atoms with van der Waals surface area (Å²) in [5.74, 6) is -0.516. The van der Waals surface area contributed by atoms with Crippen molar-refractivity contribution in [3.05, 3.63) is 42.4 Å². The maximum Gasteiger partial charge on any atom is 0.354 e. The van der Waals surface area contributed by atoms with Gasteiger partial charge in [-0.2, -0.15) is 0 Å². The van der Waals surface area contributed by atoms with Gasteiger partial charge in [0.15, 0.2) is 0 Å². The van der Waals surface area contributed by atoms with E-state index in [1.54, 1.807) is 25.4 Å². The molecule has 0 aliphatic carbocycles. The number of carboxylic acid groups (broad SMARTS) is 1. The van der Waals surface area contributed by atoms with Crippen LogP contribution in [0.2, 0.25) is 0 Å². The number of carboxylic acids is 1. The number of carbonyl (C=O) groups is 1. The maximum atomic E-state index is 10.8. The zero-order chi connectivity index (χ0) is 13.0. The summed E-state index contributed by atoms with van der Waals surface area (Å²) in [5.41, 5.74) is 0.0287. The zero-order valence-corrected chi connectivity index (χ0v) is 10.3. The SMILES string of the molecule is COc1cc(Sc2ccnc(C(=O)O)c2)ccn1. The predicted octanol–water partition coefficient (Wildman–Crippen LogP) is 2.33. The van der Waals surface area contributed by atoms with Crippen molar-refractivity contribution < 1.29 is 14.6 Å². The molecule has 2 aromatic heterocycles. The number of pyridine rings is 2. The number of hydrogen-bond acceptors (Lipinski definition) is 5. The molecule has 0 spiro atoms. The summed E-state index contributed by atoms with van der Waals surface area (Å²) >= 11 is 1.43. The van der Waals surface area contributed by atoms with Crippen molar-refractivity contribution in [3.8, 4) is 5.88 Å². The fraction of sp³-hybridized carbons (Fsp3) is 0.0833. The normalized spacial score (nSPS) is 10.1. The summed E-state index contributed by atoms with van der Waals surface area (Å²) in [7, 11) is 1.55. The lowest BCUT2D eigenvalue weighted by Gasteiger charge is -2.04. The van der Waals surface area contributed by atoms with Crippen LogP contribution in [0.1, 0.15) is 10.5 Å². The molecule has 0 saturated heterocycles. The van der Waals surface area contributed by atoms with Crippen LogP contribution in [0, 0.1) is 0 Å². The number of rotatable bonds is 4. The smallest absolute Gasteiger partial charge is 0.354 e. The molecule has 0 atom stereocenters. The quantitative estimate of drug-likeness (QED) is 0.911. The Kier molecular flexibility index (Phi) is 3.78. The van der Waals surface area contributed by atoms with Gasteiger partial charge >= 0.3 is 5.97 Å². The highest BCUT2D eigenvalue weighted by Crippen LogP contribution is 2.29. The van der Waals surface area contributed by atoms with Gasteiger partial charge in [-0.25, -0.2) is 14.8 Å². The fourth-order valence-corrected chi connectivity index (χ4v) is 2.15. The van der Waals surface area contributed by atoms with Gasteiger partial charge < -0.3 is 9.84 Å². The number of aromatic carboxylic acids is 1. The first-order valence-electron chi connectivity index (χ1n) is 5.06. The molecule has 92 valence electrons. The highest BCUT2D eigenvalue weighted by atomic mass is 32.2. The molecule has 0 radical (unpaired) electrons. The second-order valence-electron chi connectivity index (χ2n) is 3.32. The minimum atomic E-state index is -1.04. The second-order valence-corrected chi connectivity index (χ2v) is 4.46. The molecule has 0 amide bonds. The Morgan fingerprint density at radius 3 is 2.56 bits per heavy atom. The van der Waals surface area contributed by atoms with Crippen LogP contribution in [0.5, 0.6) is 5.88 Å². The third-order valence-corrected chi connectivity index (χ3v) is 3.08. The molecular formula is C12H10N2O3S. The number of methoxy groups -OCH3 is 1. The maximum absolute atomic E-state index is 10.8. The number of aromatic nitrogens is 2. The van der Waals surface area contributed by atoms with E-state index < -0.39 is 5.97 Å². The topological polar surface area (TPSA) is 72.3 Å². The van der Waals surface area contributed by atoms with Crippen molar-refractivity contribution in [1.29, 1.82) is 0 Å². The lowest BCUT2D eigenvalue weighted by molar-refractivity contribution is 0.0690. The molecule has 0 fully saturated rings. The fourth-order valence-electron chi connectivity index (χ4n) is 1.29. The van der Waals surface area contributed by atoms with Crippen LogP contribution >= 0.6 is 11.8 Å². The van der Waals surface area contributed by atoms with Gasteiger partial charge in [0.1, 0.15) is 5.69 Å². The van der Waals surface area contributed by atoms with Crippen molar-refractivity contribution in [2.45, 2.75) is 9.79 Å². The molecule has 0 bridgehead atoms. The van der Waals surface area contributed by atoms with Gasteiger partial charge in [-0.1, -0.05) is 11.8 Å². The minimum Gasteiger partial charge on any atom is -0.481 e.